The summed E-state index contributed by atoms with van der Waals surface area (Å²) in [5.74, 6) is 0. The Bertz CT molecular complexity index is 873. The number of fused-ring (bicyclic) bond motifs is 1. The lowest BCUT2D eigenvalue weighted by molar-refractivity contribution is 0.241. The topological polar surface area (TPSA) is 20.2 Å². The van der Waals surface area contributed by atoms with Gasteiger partial charge in [0.25, 0.3) is 0 Å². The molecule has 0 heterocycles. The van der Waals surface area contributed by atoms with Gasteiger partial charge >= 0.3 is 0 Å². The van der Waals surface area contributed by atoms with Crippen molar-refractivity contribution >= 4 is 11.1 Å². The molecule has 1 heteroatoms. The normalized spacial score (nSPS) is 16.5. The van der Waals surface area contributed by atoms with Crippen LogP contribution in [0.25, 0.3) is 11.1 Å². The molecule has 0 fully saturated rings. The van der Waals surface area contributed by atoms with Crippen LogP contribution in [0.2, 0.25) is 0 Å². The molecular weight excluding hydrogens is 280 g/mol. The van der Waals surface area contributed by atoms with E-state index in [0.29, 0.717) is 0 Å². The summed E-state index contributed by atoms with van der Waals surface area (Å²) in [5, 5.41) is 10.9. The lowest BCUT2D eigenvalue weighted by atomic mass is 9.93. The number of hydrogen-bond acceptors (Lipinski definition) is 1. The van der Waals surface area contributed by atoms with Gasteiger partial charge in [0.15, 0.2) is 0 Å². The number of hydrogen-bond donors (Lipinski definition) is 1. The number of aliphatic hydroxyl groups excluding tert-OH is 1. The van der Waals surface area contributed by atoms with Gasteiger partial charge in [0.1, 0.15) is 6.10 Å². The maximum Gasteiger partial charge on any atom is 0.106 e. The van der Waals surface area contributed by atoms with Crippen LogP contribution in [0.15, 0.2) is 78.9 Å². The van der Waals surface area contributed by atoms with Gasteiger partial charge in [0.2, 0.25) is 0 Å². The van der Waals surface area contributed by atoms with Crippen LogP contribution in [0.4, 0.5) is 0 Å². The molecule has 3 aromatic carbocycles. The Morgan fingerprint density at radius 1 is 0.696 bits per heavy atom. The molecule has 1 aliphatic rings. The molecule has 0 saturated carbocycles. The highest BCUT2D eigenvalue weighted by molar-refractivity contribution is 6.05. The third-order valence-corrected chi connectivity index (χ3v) is 4.49. The number of aliphatic hydroxyl groups is 1. The molecule has 1 unspecified atom stereocenters. The predicted molar refractivity (Wildman–Crippen MR) is 94.9 cm³/mol. The Labute approximate surface area is 136 Å². The van der Waals surface area contributed by atoms with Gasteiger partial charge in [-0.2, -0.15) is 0 Å². The van der Waals surface area contributed by atoms with Crippen molar-refractivity contribution in [3.63, 3.8) is 0 Å². The molecule has 0 spiro atoms. The van der Waals surface area contributed by atoms with Crippen LogP contribution in [0.1, 0.15) is 33.9 Å². The van der Waals surface area contributed by atoms with E-state index < -0.39 is 6.10 Å². The number of rotatable bonds is 2. The summed E-state index contributed by atoms with van der Waals surface area (Å²) >= 11 is 0. The van der Waals surface area contributed by atoms with E-state index in [9.17, 15) is 5.11 Å². The number of benzene rings is 3. The highest BCUT2D eigenvalue weighted by Crippen LogP contribution is 2.48. The van der Waals surface area contributed by atoms with Crippen molar-refractivity contribution in [2.45, 2.75) is 13.0 Å². The van der Waals surface area contributed by atoms with Crippen molar-refractivity contribution in [1.82, 2.24) is 0 Å². The van der Waals surface area contributed by atoms with Gasteiger partial charge in [-0.25, -0.2) is 0 Å². The van der Waals surface area contributed by atoms with E-state index in [-0.39, 0.29) is 0 Å². The average Bonchev–Trinajstić information content (AvgIpc) is 2.90. The molecule has 1 atom stereocenters. The first kappa shape index (κ1) is 14.0. The van der Waals surface area contributed by atoms with E-state index in [2.05, 4.69) is 49.4 Å². The van der Waals surface area contributed by atoms with E-state index in [1.54, 1.807) is 0 Å². The molecular formula is C22H18O. The van der Waals surface area contributed by atoms with Crippen molar-refractivity contribution in [2.24, 2.45) is 0 Å². The summed E-state index contributed by atoms with van der Waals surface area (Å²) in [4.78, 5) is 0. The fourth-order valence-electron chi connectivity index (χ4n) is 3.35. The molecule has 0 aromatic heterocycles. The Hall–Kier alpha value is -2.64. The van der Waals surface area contributed by atoms with Gasteiger partial charge in [-0.05, 0) is 34.8 Å². The SMILES string of the molecule is Cc1ccc(C2=C(c3ccccc3)C(O)c3ccccc32)cc1. The van der Waals surface area contributed by atoms with E-state index in [4.69, 9.17) is 0 Å². The minimum absolute atomic E-state index is 0.579. The summed E-state index contributed by atoms with van der Waals surface area (Å²) in [6.45, 7) is 2.09. The van der Waals surface area contributed by atoms with Gasteiger partial charge in [0, 0.05) is 5.57 Å². The quantitative estimate of drug-likeness (QED) is 0.706. The highest BCUT2D eigenvalue weighted by atomic mass is 16.3. The second-order valence-corrected chi connectivity index (χ2v) is 6.01. The lowest BCUT2D eigenvalue weighted by Gasteiger charge is -2.12. The van der Waals surface area contributed by atoms with Crippen LogP contribution < -0.4 is 0 Å². The third-order valence-electron chi connectivity index (χ3n) is 4.49. The second-order valence-electron chi connectivity index (χ2n) is 6.01. The minimum Gasteiger partial charge on any atom is -0.384 e. The van der Waals surface area contributed by atoms with Crippen LogP contribution in [-0.4, -0.2) is 5.11 Å². The van der Waals surface area contributed by atoms with Crippen molar-refractivity contribution in [1.29, 1.82) is 0 Å². The van der Waals surface area contributed by atoms with E-state index >= 15 is 0 Å². The molecule has 0 aliphatic heterocycles. The summed E-state index contributed by atoms with van der Waals surface area (Å²) < 4.78 is 0. The zero-order valence-corrected chi connectivity index (χ0v) is 13.0. The van der Waals surface area contributed by atoms with Crippen LogP contribution in [-0.2, 0) is 0 Å². The molecule has 23 heavy (non-hydrogen) atoms. The number of aryl methyl sites for hydroxylation is 1. The van der Waals surface area contributed by atoms with Crippen LogP contribution >= 0.6 is 0 Å². The minimum atomic E-state index is -0.579. The van der Waals surface area contributed by atoms with Crippen molar-refractivity contribution in [3.05, 3.63) is 107 Å². The van der Waals surface area contributed by atoms with Gasteiger partial charge in [-0.15, -0.1) is 0 Å². The third kappa shape index (κ3) is 2.30. The van der Waals surface area contributed by atoms with E-state index in [1.165, 1.54) is 5.56 Å². The van der Waals surface area contributed by atoms with Crippen molar-refractivity contribution in [2.75, 3.05) is 0 Å². The fraction of sp³-hybridized carbons (Fsp3) is 0.0909. The summed E-state index contributed by atoms with van der Waals surface area (Å²) in [6, 6.07) is 26.8. The molecule has 3 aromatic rings. The summed E-state index contributed by atoms with van der Waals surface area (Å²) in [6.07, 6.45) is -0.579. The maximum absolute atomic E-state index is 10.9. The predicted octanol–water partition coefficient (Wildman–Crippen LogP) is 5.00. The molecule has 0 bridgehead atoms. The molecule has 0 saturated heterocycles. The Morgan fingerprint density at radius 2 is 1.35 bits per heavy atom. The largest absolute Gasteiger partial charge is 0.384 e. The maximum atomic E-state index is 10.9. The molecule has 0 radical (unpaired) electrons. The molecule has 1 N–H and O–H groups in total. The fourth-order valence-corrected chi connectivity index (χ4v) is 3.35. The standard InChI is InChI=1S/C22H18O/c1-15-11-13-17(14-12-15)20-18-9-5-6-10-19(18)22(23)21(20)16-7-3-2-4-8-16/h2-14,22-23H,1H3. The smallest absolute Gasteiger partial charge is 0.106 e. The van der Waals surface area contributed by atoms with Gasteiger partial charge in [-0.1, -0.05) is 84.4 Å². The van der Waals surface area contributed by atoms with Crippen molar-refractivity contribution in [3.8, 4) is 0 Å². The Kier molecular flexibility index (Phi) is 3.36. The molecule has 4 rings (SSSR count). The van der Waals surface area contributed by atoms with Crippen LogP contribution in [0.3, 0.4) is 0 Å². The Balaban J connectivity index is 2.00. The molecule has 1 aliphatic carbocycles. The lowest BCUT2D eigenvalue weighted by Crippen LogP contribution is -1.96. The monoisotopic (exact) mass is 298 g/mol. The van der Waals surface area contributed by atoms with Crippen LogP contribution in [0, 0.1) is 6.92 Å². The first-order valence-electron chi connectivity index (χ1n) is 7.89. The average molecular weight is 298 g/mol. The first-order chi connectivity index (χ1) is 11.3. The second kappa shape index (κ2) is 5.53. The van der Waals surface area contributed by atoms with Crippen molar-refractivity contribution < 1.29 is 5.11 Å². The van der Waals surface area contributed by atoms with Gasteiger partial charge in [-0.3, -0.25) is 0 Å². The first-order valence-corrected chi connectivity index (χ1v) is 7.89. The highest BCUT2D eigenvalue weighted by Gasteiger charge is 2.30. The Morgan fingerprint density at radius 3 is 2.09 bits per heavy atom. The van der Waals surface area contributed by atoms with E-state index in [0.717, 1.165) is 33.4 Å². The van der Waals surface area contributed by atoms with Gasteiger partial charge in [0.05, 0.1) is 0 Å². The zero-order chi connectivity index (χ0) is 15.8. The molecule has 112 valence electrons. The molecule has 0 amide bonds. The molecule has 1 nitrogen and oxygen atoms in total. The van der Waals surface area contributed by atoms with Gasteiger partial charge < -0.3 is 5.11 Å². The summed E-state index contributed by atoms with van der Waals surface area (Å²) in [7, 11) is 0. The zero-order valence-electron chi connectivity index (χ0n) is 13.0. The summed E-state index contributed by atoms with van der Waals surface area (Å²) in [5.41, 5.74) is 7.72. The van der Waals surface area contributed by atoms with E-state index in [1.807, 2.05) is 36.4 Å². The van der Waals surface area contributed by atoms with Crippen LogP contribution in [0.5, 0.6) is 0 Å².